The fourth-order valence-electron chi connectivity index (χ4n) is 3.18. The Morgan fingerprint density at radius 3 is 2.65 bits per heavy atom. The van der Waals surface area contributed by atoms with E-state index in [4.69, 9.17) is 0 Å². The minimum atomic E-state index is -0.116. The van der Waals surface area contributed by atoms with Gasteiger partial charge in [0.1, 0.15) is 12.2 Å². The largest absolute Gasteiger partial charge is 0.342 e. The molecular weight excluding hydrogens is 328 g/mol. The third-order valence-electron chi connectivity index (χ3n) is 4.94. The van der Waals surface area contributed by atoms with Crippen molar-refractivity contribution in [3.63, 3.8) is 0 Å². The van der Waals surface area contributed by atoms with Gasteiger partial charge in [0.15, 0.2) is 0 Å². The normalized spacial score (nSPS) is 15.2. The van der Waals surface area contributed by atoms with Crippen molar-refractivity contribution in [1.29, 1.82) is 0 Å². The highest BCUT2D eigenvalue weighted by Gasteiger charge is 2.36. The first-order valence-electron chi connectivity index (χ1n) is 9.00. The number of carbonyl (C=O) groups is 1. The average Bonchev–Trinajstić information content (AvgIpc) is 3.36. The summed E-state index contributed by atoms with van der Waals surface area (Å²) in [5, 5.41) is 7.39. The molecule has 1 amide bonds. The van der Waals surface area contributed by atoms with Crippen molar-refractivity contribution in [3.8, 4) is 0 Å². The van der Waals surface area contributed by atoms with Crippen LogP contribution >= 0.6 is 0 Å². The second kappa shape index (κ2) is 6.48. The zero-order chi connectivity index (χ0) is 18.3. The second-order valence-corrected chi connectivity index (χ2v) is 6.82. The molecule has 1 aromatic carbocycles. The first kappa shape index (κ1) is 16.6. The summed E-state index contributed by atoms with van der Waals surface area (Å²) >= 11 is 0. The Morgan fingerprint density at radius 2 is 1.96 bits per heavy atom. The number of benzene rings is 1. The first-order chi connectivity index (χ1) is 12.6. The molecule has 0 bridgehead atoms. The Balaban J connectivity index is 1.62. The predicted molar refractivity (Wildman–Crippen MR) is 97.6 cm³/mol. The van der Waals surface area contributed by atoms with Gasteiger partial charge in [0, 0.05) is 12.1 Å². The van der Waals surface area contributed by atoms with Crippen molar-refractivity contribution in [2.45, 2.75) is 46.2 Å². The molecule has 4 rings (SSSR count). The molecule has 134 valence electrons. The first-order valence-corrected chi connectivity index (χ1v) is 9.00. The lowest BCUT2D eigenvalue weighted by atomic mass is 10.1. The van der Waals surface area contributed by atoms with Crippen molar-refractivity contribution in [3.05, 3.63) is 47.3 Å². The number of aromatic nitrogens is 5. The Morgan fingerprint density at radius 1 is 1.23 bits per heavy atom. The Labute approximate surface area is 151 Å². The van der Waals surface area contributed by atoms with E-state index in [1.165, 1.54) is 0 Å². The summed E-state index contributed by atoms with van der Waals surface area (Å²) in [7, 11) is 0. The minimum absolute atomic E-state index is 0.105. The third kappa shape index (κ3) is 3.05. The fourth-order valence-corrected chi connectivity index (χ4v) is 3.18. The molecule has 26 heavy (non-hydrogen) atoms. The Kier molecular flexibility index (Phi) is 4.14. The summed E-state index contributed by atoms with van der Waals surface area (Å²) in [5.74, 6) is 1.14. The van der Waals surface area contributed by atoms with E-state index in [-0.39, 0.29) is 11.9 Å². The molecule has 1 N–H and O–H groups in total. The molecule has 2 heterocycles. The molecule has 7 heteroatoms. The lowest BCUT2D eigenvalue weighted by Gasteiger charge is -2.18. The Bertz CT molecular complexity index is 975. The molecule has 1 unspecified atom stereocenters. The van der Waals surface area contributed by atoms with Gasteiger partial charge in [0.2, 0.25) is 0 Å². The van der Waals surface area contributed by atoms with Gasteiger partial charge in [-0.25, -0.2) is 19.6 Å². The van der Waals surface area contributed by atoms with Crippen LogP contribution in [-0.4, -0.2) is 30.6 Å². The van der Waals surface area contributed by atoms with Gasteiger partial charge in [-0.2, -0.15) is 5.10 Å². The zero-order valence-corrected chi connectivity index (χ0v) is 15.2. The van der Waals surface area contributed by atoms with Gasteiger partial charge in [-0.15, -0.1) is 0 Å². The van der Waals surface area contributed by atoms with Crippen LogP contribution in [0.5, 0.6) is 0 Å². The van der Waals surface area contributed by atoms with Crippen LogP contribution < -0.4 is 5.32 Å². The van der Waals surface area contributed by atoms with E-state index < -0.39 is 0 Å². The molecule has 1 aliphatic carbocycles. The molecule has 1 atom stereocenters. The highest BCUT2D eigenvalue weighted by molar-refractivity contribution is 5.97. The van der Waals surface area contributed by atoms with Gasteiger partial charge in [0.25, 0.3) is 5.91 Å². The van der Waals surface area contributed by atoms with Crippen molar-refractivity contribution in [2.24, 2.45) is 5.92 Å². The van der Waals surface area contributed by atoms with Gasteiger partial charge < -0.3 is 5.32 Å². The summed E-state index contributed by atoms with van der Waals surface area (Å²) in [6.45, 7) is 6.62. The average molecular weight is 350 g/mol. The van der Waals surface area contributed by atoms with Gasteiger partial charge in [-0.05, 0) is 57.7 Å². The molecule has 1 fully saturated rings. The maximum Gasteiger partial charge on any atom is 0.251 e. The number of carbonyl (C=O) groups excluding carboxylic acids is 1. The summed E-state index contributed by atoms with van der Waals surface area (Å²) in [5.41, 5.74) is 3.90. The van der Waals surface area contributed by atoms with E-state index in [9.17, 15) is 4.79 Å². The minimum Gasteiger partial charge on any atom is -0.342 e. The summed E-state index contributed by atoms with van der Waals surface area (Å²) in [4.78, 5) is 26.3. The van der Waals surface area contributed by atoms with Crippen LogP contribution in [0.15, 0.2) is 24.5 Å². The van der Waals surface area contributed by atoms with E-state index in [0.29, 0.717) is 11.5 Å². The second-order valence-electron chi connectivity index (χ2n) is 6.82. The summed E-state index contributed by atoms with van der Waals surface area (Å²) < 4.78 is 1.85. The van der Waals surface area contributed by atoms with Crippen molar-refractivity contribution >= 4 is 16.9 Å². The molecule has 0 spiro atoms. The smallest absolute Gasteiger partial charge is 0.251 e. The van der Waals surface area contributed by atoms with E-state index >= 15 is 0 Å². The van der Waals surface area contributed by atoms with Crippen LogP contribution in [0.3, 0.4) is 0 Å². The van der Waals surface area contributed by atoms with E-state index in [1.54, 1.807) is 18.5 Å². The lowest BCUT2D eigenvalue weighted by molar-refractivity contribution is 0.0928. The number of hydrogen-bond donors (Lipinski definition) is 1. The topological polar surface area (TPSA) is 85.6 Å². The molecule has 0 saturated heterocycles. The summed E-state index contributed by atoms with van der Waals surface area (Å²) in [6, 6.07) is 5.35. The quantitative estimate of drug-likeness (QED) is 0.765. The highest BCUT2D eigenvalue weighted by atomic mass is 16.1. The number of nitrogens with one attached hydrogen (secondary N) is 1. The Hall–Kier alpha value is -2.83. The van der Waals surface area contributed by atoms with Crippen LogP contribution in [0, 0.1) is 19.8 Å². The SMILES string of the molecule is CCn1ncnc1C(NC(=O)c1ccc2nc(C)c(C)nc2c1)C1CC1. The van der Waals surface area contributed by atoms with Crippen molar-refractivity contribution < 1.29 is 4.79 Å². The monoisotopic (exact) mass is 350 g/mol. The third-order valence-corrected chi connectivity index (χ3v) is 4.94. The molecule has 0 radical (unpaired) electrons. The van der Waals surface area contributed by atoms with Crippen molar-refractivity contribution in [1.82, 2.24) is 30.0 Å². The number of rotatable bonds is 5. The maximum absolute atomic E-state index is 12.9. The van der Waals surface area contributed by atoms with E-state index in [2.05, 4.69) is 25.4 Å². The number of nitrogens with zero attached hydrogens (tertiary/aromatic N) is 5. The number of amides is 1. The predicted octanol–water partition coefficient (Wildman–Crippen LogP) is 2.74. The van der Waals surface area contributed by atoms with Gasteiger partial charge in [0.05, 0.1) is 28.5 Å². The number of fused-ring (bicyclic) bond motifs is 1. The molecule has 7 nitrogen and oxygen atoms in total. The van der Waals surface area contributed by atoms with Crippen LogP contribution in [0.25, 0.3) is 11.0 Å². The summed E-state index contributed by atoms with van der Waals surface area (Å²) in [6.07, 6.45) is 3.75. The van der Waals surface area contributed by atoms with Crippen LogP contribution in [0.2, 0.25) is 0 Å². The number of aryl methyl sites for hydroxylation is 3. The molecule has 1 aliphatic rings. The highest BCUT2D eigenvalue weighted by Crippen LogP contribution is 2.40. The standard InChI is InChI=1S/C19H22N6O/c1-4-25-18(20-10-21-25)17(13-5-6-13)24-19(26)14-7-8-15-16(9-14)23-12(3)11(2)22-15/h7-10,13,17H,4-6H2,1-3H3,(H,24,26). The number of hydrogen-bond acceptors (Lipinski definition) is 5. The molecule has 1 saturated carbocycles. The molecule has 2 aromatic heterocycles. The van der Waals surface area contributed by atoms with Crippen LogP contribution in [0.4, 0.5) is 0 Å². The van der Waals surface area contributed by atoms with Crippen molar-refractivity contribution in [2.75, 3.05) is 0 Å². The van der Waals surface area contributed by atoms with Gasteiger partial charge in [-0.1, -0.05) is 0 Å². The van der Waals surface area contributed by atoms with Gasteiger partial charge >= 0.3 is 0 Å². The molecular formula is C19H22N6O. The van der Waals surface area contributed by atoms with Crippen LogP contribution in [-0.2, 0) is 6.54 Å². The molecule has 0 aliphatic heterocycles. The fraction of sp³-hybridized carbons (Fsp3) is 0.421. The van der Waals surface area contributed by atoms with Gasteiger partial charge in [-0.3, -0.25) is 4.79 Å². The molecule has 3 aromatic rings. The maximum atomic E-state index is 12.9. The van der Waals surface area contributed by atoms with E-state index in [0.717, 1.165) is 47.6 Å². The van der Waals surface area contributed by atoms with E-state index in [1.807, 2.05) is 31.5 Å². The zero-order valence-electron chi connectivity index (χ0n) is 15.2. The van der Waals surface area contributed by atoms with Crippen LogP contribution in [0.1, 0.15) is 53.4 Å². The lowest BCUT2D eigenvalue weighted by Crippen LogP contribution is -2.32.